The van der Waals surface area contributed by atoms with Crippen LogP contribution >= 0.6 is 0 Å². The molecule has 0 unspecified atom stereocenters. The van der Waals surface area contributed by atoms with Crippen molar-refractivity contribution in [2.24, 2.45) is 0 Å². The Bertz CT molecular complexity index is 886. The van der Waals surface area contributed by atoms with Gasteiger partial charge >= 0.3 is 12.3 Å². The van der Waals surface area contributed by atoms with E-state index >= 15 is 0 Å². The van der Waals surface area contributed by atoms with E-state index in [1.165, 1.54) is 25.3 Å². The number of hydrogen-bond donors (Lipinski definition) is 0. The number of aromatic nitrogens is 2. The minimum atomic E-state index is -4.64. The molecular formula is C17H13F3N2O2. The molecule has 4 nitrogen and oxygen atoms in total. The SMILES string of the molecule is COC(=O)c1ccc2c(c1)c(Cc1ccccc1)nn2C(F)(F)F. The van der Waals surface area contributed by atoms with Crippen LogP contribution in [0.1, 0.15) is 21.6 Å². The Morgan fingerprint density at radius 1 is 1.17 bits per heavy atom. The predicted octanol–water partition coefficient (Wildman–Crippen LogP) is 3.89. The van der Waals surface area contributed by atoms with E-state index in [9.17, 15) is 18.0 Å². The van der Waals surface area contributed by atoms with Gasteiger partial charge < -0.3 is 4.74 Å². The molecular weight excluding hydrogens is 321 g/mol. The Kier molecular flexibility index (Phi) is 4.01. The van der Waals surface area contributed by atoms with Crippen molar-refractivity contribution < 1.29 is 22.7 Å². The third kappa shape index (κ3) is 2.97. The molecule has 0 spiro atoms. The van der Waals surface area contributed by atoms with Gasteiger partial charge in [0, 0.05) is 11.8 Å². The highest BCUT2D eigenvalue weighted by Crippen LogP contribution is 2.30. The Hall–Kier alpha value is -2.83. The summed E-state index contributed by atoms with van der Waals surface area (Å²) >= 11 is 0. The van der Waals surface area contributed by atoms with E-state index in [2.05, 4.69) is 9.84 Å². The topological polar surface area (TPSA) is 44.1 Å². The van der Waals surface area contributed by atoms with E-state index in [0.717, 1.165) is 5.56 Å². The minimum absolute atomic E-state index is 0.0294. The Labute approximate surface area is 135 Å². The Balaban J connectivity index is 2.17. The molecule has 3 rings (SSSR count). The van der Waals surface area contributed by atoms with Crippen LogP contribution in [0.15, 0.2) is 48.5 Å². The van der Waals surface area contributed by atoms with Crippen LogP contribution in [0.3, 0.4) is 0 Å². The van der Waals surface area contributed by atoms with Crippen molar-refractivity contribution in [2.75, 3.05) is 7.11 Å². The number of halogens is 3. The van der Waals surface area contributed by atoms with Gasteiger partial charge in [0.1, 0.15) is 0 Å². The number of ether oxygens (including phenoxy) is 1. The molecule has 0 bridgehead atoms. The van der Waals surface area contributed by atoms with Crippen LogP contribution in [0, 0.1) is 0 Å². The summed E-state index contributed by atoms with van der Waals surface area (Å²) in [5, 5.41) is 4.00. The zero-order chi connectivity index (χ0) is 17.3. The number of esters is 1. The van der Waals surface area contributed by atoms with Crippen molar-refractivity contribution >= 4 is 16.9 Å². The Morgan fingerprint density at radius 2 is 1.88 bits per heavy atom. The second-order valence-electron chi connectivity index (χ2n) is 5.21. The summed E-state index contributed by atoms with van der Waals surface area (Å²) in [5.41, 5.74) is 1.16. The molecule has 0 amide bonds. The Morgan fingerprint density at radius 3 is 2.50 bits per heavy atom. The molecule has 0 aliphatic carbocycles. The van der Waals surface area contributed by atoms with Gasteiger partial charge in [0.05, 0.1) is 23.9 Å². The van der Waals surface area contributed by atoms with Crippen molar-refractivity contribution in [1.82, 2.24) is 9.78 Å². The minimum Gasteiger partial charge on any atom is -0.465 e. The molecule has 0 atom stereocenters. The van der Waals surface area contributed by atoms with Gasteiger partial charge in [0.15, 0.2) is 0 Å². The molecule has 1 aromatic heterocycles. The molecule has 24 heavy (non-hydrogen) atoms. The van der Waals surface area contributed by atoms with Gasteiger partial charge in [-0.05, 0) is 23.8 Å². The maximum absolute atomic E-state index is 13.2. The van der Waals surface area contributed by atoms with Crippen LogP contribution in [0.5, 0.6) is 0 Å². The summed E-state index contributed by atoms with van der Waals surface area (Å²) in [5.74, 6) is -0.609. The molecule has 0 radical (unpaired) electrons. The molecule has 124 valence electrons. The molecule has 7 heteroatoms. The number of nitrogens with zero attached hydrogens (tertiary/aromatic N) is 2. The zero-order valence-electron chi connectivity index (χ0n) is 12.7. The predicted molar refractivity (Wildman–Crippen MR) is 81.6 cm³/mol. The average Bonchev–Trinajstić information content (AvgIpc) is 2.93. The summed E-state index contributed by atoms with van der Waals surface area (Å²) in [4.78, 5) is 11.7. The van der Waals surface area contributed by atoms with Crippen LogP contribution in [-0.4, -0.2) is 22.9 Å². The lowest BCUT2D eigenvalue weighted by Crippen LogP contribution is -2.18. The van der Waals surface area contributed by atoms with E-state index in [-0.39, 0.29) is 33.3 Å². The first kappa shape index (κ1) is 16.0. The number of rotatable bonds is 3. The number of carbonyl (C=O) groups is 1. The summed E-state index contributed by atoms with van der Waals surface area (Å²) in [7, 11) is 1.22. The normalized spacial score (nSPS) is 11.7. The number of methoxy groups -OCH3 is 1. The van der Waals surface area contributed by atoms with Crippen LogP contribution in [-0.2, 0) is 17.5 Å². The molecule has 0 aliphatic heterocycles. The molecule has 0 saturated heterocycles. The molecule has 0 N–H and O–H groups in total. The fraction of sp³-hybridized carbons (Fsp3) is 0.176. The molecule has 0 aliphatic rings. The standard InChI is InChI=1S/C17H13F3N2O2/c1-24-16(23)12-7-8-15-13(10-12)14(21-22(15)17(18,19)20)9-11-5-3-2-4-6-11/h2-8,10H,9H2,1H3. The molecule has 1 heterocycles. The average molecular weight is 334 g/mol. The van der Waals surface area contributed by atoms with Crippen molar-refractivity contribution in [3.63, 3.8) is 0 Å². The first-order valence-electron chi connectivity index (χ1n) is 7.11. The van der Waals surface area contributed by atoms with Gasteiger partial charge in [-0.2, -0.15) is 9.78 Å². The molecule has 3 aromatic rings. The zero-order valence-corrected chi connectivity index (χ0v) is 12.7. The van der Waals surface area contributed by atoms with Gasteiger partial charge in [-0.15, -0.1) is 13.2 Å². The number of alkyl halides is 3. The fourth-order valence-electron chi connectivity index (χ4n) is 2.54. The van der Waals surface area contributed by atoms with E-state index in [4.69, 9.17) is 0 Å². The highest BCUT2D eigenvalue weighted by atomic mass is 19.4. The van der Waals surface area contributed by atoms with Crippen LogP contribution in [0.2, 0.25) is 0 Å². The second kappa shape index (κ2) is 5.99. The second-order valence-corrected chi connectivity index (χ2v) is 5.21. The first-order chi connectivity index (χ1) is 11.4. The summed E-state index contributed by atoms with van der Waals surface area (Å²) in [6.45, 7) is 0. The van der Waals surface area contributed by atoms with Crippen molar-refractivity contribution in [3.8, 4) is 0 Å². The molecule has 2 aromatic carbocycles. The van der Waals surface area contributed by atoms with Gasteiger partial charge in [0.25, 0.3) is 0 Å². The quantitative estimate of drug-likeness (QED) is 0.683. The van der Waals surface area contributed by atoms with Crippen LogP contribution < -0.4 is 0 Å². The molecule has 0 fully saturated rings. The maximum Gasteiger partial charge on any atom is 0.505 e. The number of benzene rings is 2. The highest BCUT2D eigenvalue weighted by Gasteiger charge is 2.34. The third-order valence-electron chi connectivity index (χ3n) is 3.63. The lowest BCUT2D eigenvalue weighted by atomic mass is 10.1. The van der Waals surface area contributed by atoms with Gasteiger partial charge in [-0.3, -0.25) is 0 Å². The summed E-state index contributed by atoms with van der Waals surface area (Å²) in [6, 6.07) is 13.0. The lowest BCUT2D eigenvalue weighted by molar-refractivity contribution is -0.209. The highest BCUT2D eigenvalue weighted by molar-refractivity contribution is 5.95. The summed E-state index contributed by atoms with van der Waals surface area (Å²) < 4.78 is 44.3. The lowest BCUT2D eigenvalue weighted by Gasteiger charge is -2.07. The van der Waals surface area contributed by atoms with E-state index in [1.54, 1.807) is 12.1 Å². The largest absolute Gasteiger partial charge is 0.505 e. The van der Waals surface area contributed by atoms with Crippen molar-refractivity contribution in [1.29, 1.82) is 0 Å². The van der Waals surface area contributed by atoms with Crippen LogP contribution in [0.25, 0.3) is 10.9 Å². The maximum atomic E-state index is 13.2. The van der Waals surface area contributed by atoms with E-state index < -0.39 is 12.3 Å². The van der Waals surface area contributed by atoms with E-state index in [0.29, 0.717) is 0 Å². The number of fused-ring (bicyclic) bond motifs is 1. The smallest absolute Gasteiger partial charge is 0.465 e. The third-order valence-corrected chi connectivity index (χ3v) is 3.63. The number of hydrogen-bond acceptors (Lipinski definition) is 3. The van der Waals surface area contributed by atoms with Crippen molar-refractivity contribution in [2.45, 2.75) is 12.7 Å². The summed E-state index contributed by atoms with van der Waals surface area (Å²) in [6.07, 6.45) is -4.41. The fourth-order valence-corrected chi connectivity index (χ4v) is 2.54. The van der Waals surface area contributed by atoms with Gasteiger partial charge in [-0.1, -0.05) is 30.3 Å². The number of carbonyl (C=O) groups excluding carboxylic acids is 1. The van der Waals surface area contributed by atoms with E-state index in [1.807, 2.05) is 18.2 Å². The molecule has 0 saturated carbocycles. The van der Waals surface area contributed by atoms with Crippen LogP contribution in [0.4, 0.5) is 13.2 Å². The van der Waals surface area contributed by atoms with Crippen molar-refractivity contribution in [3.05, 3.63) is 65.4 Å². The monoisotopic (exact) mass is 334 g/mol. The van der Waals surface area contributed by atoms with Gasteiger partial charge in [-0.25, -0.2) is 4.79 Å². The van der Waals surface area contributed by atoms with Gasteiger partial charge in [0.2, 0.25) is 0 Å². The first-order valence-corrected chi connectivity index (χ1v) is 7.11.